The number of ether oxygens (including phenoxy) is 1. The van der Waals surface area contributed by atoms with Gasteiger partial charge in [0.05, 0.1) is 0 Å². The minimum atomic E-state index is 0.242. The third-order valence-corrected chi connectivity index (χ3v) is 3.58. The number of aryl methyl sites for hydroxylation is 1. The lowest BCUT2D eigenvalue weighted by Gasteiger charge is -2.33. The van der Waals surface area contributed by atoms with Crippen LogP contribution in [0.15, 0.2) is 24.3 Å². The van der Waals surface area contributed by atoms with E-state index >= 15 is 0 Å². The lowest BCUT2D eigenvalue weighted by atomic mass is 10.0. The van der Waals surface area contributed by atoms with Gasteiger partial charge < -0.3 is 15.4 Å². The fourth-order valence-corrected chi connectivity index (χ4v) is 2.67. The first-order chi connectivity index (χ1) is 8.81. The molecule has 1 heterocycles. The summed E-state index contributed by atoms with van der Waals surface area (Å²) in [5, 5.41) is 0. The van der Waals surface area contributed by atoms with Gasteiger partial charge in [0.2, 0.25) is 0 Å². The van der Waals surface area contributed by atoms with Gasteiger partial charge in [0.25, 0.3) is 0 Å². The molecule has 1 atom stereocenters. The van der Waals surface area contributed by atoms with E-state index in [9.17, 15) is 0 Å². The maximum atomic E-state index is 6.21. The lowest BCUT2D eigenvalue weighted by molar-refractivity contribution is 0.190. The van der Waals surface area contributed by atoms with Gasteiger partial charge in [-0.2, -0.15) is 0 Å². The topological polar surface area (TPSA) is 38.5 Å². The van der Waals surface area contributed by atoms with Gasteiger partial charge in [0.15, 0.2) is 0 Å². The number of para-hydroxylation sites is 1. The molecule has 100 valence electrons. The van der Waals surface area contributed by atoms with Crippen molar-refractivity contribution in [3.05, 3.63) is 29.8 Å². The predicted octanol–water partition coefficient (Wildman–Crippen LogP) is 2.19. The highest BCUT2D eigenvalue weighted by Gasteiger charge is 2.17. The van der Waals surface area contributed by atoms with E-state index in [-0.39, 0.29) is 6.04 Å². The van der Waals surface area contributed by atoms with E-state index in [0.717, 1.165) is 32.5 Å². The average Bonchev–Trinajstić information content (AvgIpc) is 2.39. The Morgan fingerprint density at radius 2 is 2.22 bits per heavy atom. The van der Waals surface area contributed by atoms with E-state index in [1.54, 1.807) is 7.11 Å². The fraction of sp³-hybridized carbons (Fsp3) is 0.600. The Balaban J connectivity index is 1.90. The quantitative estimate of drug-likeness (QED) is 0.784. The van der Waals surface area contributed by atoms with Gasteiger partial charge in [0.1, 0.15) is 0 Å². The van der Waals surface area contributed by atoms with Crippen molar-refractivity contribution in [1.29, 1.82) is 0 Å². The van der Waals surface area contributed by atoms with Crippen molar-refractivity contribution in [2.24, 2.45) is 5.73 Å². The molecule has 1 aromatic carbocycles. The lowest BCUT2D eigenvalue weighted by Crippen LogP contribution is -2.40. The number of fused-ring (bicyclic) bond motifs is 1. The van der Waals surface area contributed by atoms with E-state index in [0.29, 0.717) is 0 Å². The summed E-state index contributed by atoms with van der Waals surface area (Å²) in [6, 6.07) is 8.94. The molecule has 0 bridgehead atoms. The highest BCUT2D eigenvalue weighted by molar-refractivity contribution is 5.55. The summed E-state index contributed by atoms with van der Waals surface area (Å²) in [5.74, 6) is 0. The molecule has 0 spiro atoms. The third-order valence-electron chi connectivity index (χ3n) is 3.58. The summed E-state index contributed by atoms with van der Waals surface area (Å²) >= 11 is 0. The van der Waals surface area contributed by atoms with Crippen LogP contribution in [0.5, 0.6) is 0 Å². The van der Waals surface area contributed by atoms with Crippen molar-refractivity contribution in [1.82, 2.24) is 0 Å². The van der Waals surface area contributed by atoms with Crippen LogP contribution in [0.25, 0.3) is 0 Å². The predicted molar refractivity (Wildman–Crippen MR) is 76.1 cm³/mol. The first-order valence-corrected chi connectivity index (χ1v) is 6.88. The average molecular weight is 248 g/mol. The van der Waals surface area contributed by atoms with Gasteiger partial charge in [-0.1, -0.05) is 18.2 Å². The molecule has 0 amide bonds. The van der Waals surface area contributed by atoms with Gasteiger partial charge in [-0.25, -0.2) is 0 Å². The Bertz CT molecular complexity index is 367. The standard InChI is InChI=1S/C15H24N2O/c1-18-11-5-8-14(16)12-17-10-4-7-13-6-2-3-9-15(13)17/h2-3,6,9,14H,4-5,7-8,10-12,16H2,1H3. The minimum Gasteiger partial charge on any atom is -0.385 e. The fourth-order valence-electron chi connectivity index (χ4n) is 2.67. The molecule has 18 heavy (non-hydrogen) atoms. The molecule has 0 fully saturated rings. The number of nitrogens with zero attached hydrogens (tertiary/aromatic N) is 1. The zero-order chi connectivity index (χ0) is 12.8. The summed E-state index contributed by atoms with van der Waals surface area (Å²) in [6.45, 7) is 2.90. The molecule has 1 aliphatic heterocycles. The van der Waals surface area contributed by atoms with Gasteiger partial charge >= 0.3 is 0 Å². The van der Waals surface area contributed by atoms with Crippen molar-refractivity contribution in [2.45, 2.75) is 31.7 Å². The molecular weight excluding hydrogens is 224 g/mol. The number of hydrogen-bond donors (Lipinski definition) is 1. The summed E-state index contributed by atoms with van der Waals surface area (Å²) in [5.41, 5.74) is 9.05. The molecule has 2 N–H and O–H groups in total. The smallest absolute Gasteiger partial charge is 0.0462 e. The first-order valence-electron chi connectivity index (χ1n) is 6.88. The summed E-state index contributed by atoms with van der Waals surface area (Å²) in [4.78, 5) is 2.44. The van der Waals surface area contributed by atoms with Crippen LogP contribution in [0, 0.1) is 0 Å². The van der Waals surface area contributed by atoms with Crippen LogP contribution in [0.3, 0.4) is 0 Å². The Kier molecular flexibility index (Phi) is 5.02. The minimum absolute atomic E-state index is 0.242. The highest BCUT2D eigenvalue weighted by Crippen LogP contribution is 2.26. The maximum Gasteiger partial charge on any atom is 0.0462 e. The van der Waals surface area contributed by atoms with Crippen molar-refractivity contribution in [2.75, 3.05) is 31.7 Å². The summed E-state index contributed by atoms with van der Waals surface area (Å²) in [7, 11) is 1.74. The Hall–Kier alpha value is -1.06. The molecule has 0 aromatic heterocycles. The van der Waals surface area contributed by atoms with Crippen molar-refractivity contribution in [3.63, 3.8) is 0 Å². The van der Waals surface area contributed by atoms with Gasteiger partial charge in [0, 0.05) is 38.5 Å². The van der Waals surface area contributed by atoms with Gasteiger partial charge in [-0.05, 0) is 37.3 Å². The largest absolute Gasteiger partial charge is 0.385 e. The van der Waals surface area contributed by atoms with Crippen molar-refractivity contribution < 1.29 is 4.74 Å². The summed E-state index contributed by atoms with van der Waals surface area (Å²) in [6.07, 6.45) is 4.52. The molecule has 1 unspecified atom stereocenters. The van der Waals surface area contributed by atoms with E-state index in [1.165, 1.54) is 24.1 Å². The van der Waals surface area contributed by atoms with Gasteiger partial charge in [-0.15, -0.1) is 0 Å². The van der Waals surface area contributed by atoms with E-state index in [4.69, 9.17) is 10.5 Å². The highest BCUT2D eigenvalue weighted by atomic mass is 16.5. The number of hydrogen-bond acceptors (Lipinski definition) is 3. The molecule has 2 rings (SSSR count). The second kappa shape index (κ2) is 6.76. The van der Waals surface area contributed by atoms with E-state index < -0.39 is 0 Å². The maximum absolute atomic E-state index is 6.21. The van der Waals surface area contributed by atoms with E-state index in [2.05, 4.69) is 29.2 Å². The second-order valence-corrected chi connectivity index (χ2v) is 5.07. The number of methoxy groups -OCH3 is 1. The SMILES string of the molecule is COCCCC(N)CN1CCCc2ccccc21. The van der Waals surface area contributed by atoms with Crippen LogP contribution in [-0.2, 0) is 11.2 Å². The molecule has 0 aliphatic carbocycles. The van der Waals surface area contributed by atoms with Crippen LogP contribution < -0.4 is 10.6 Å². The molecule has 0 radical (unpaired) electrons. The first kappa shape index (κ1) is 13.4. The molecule has 1 aliphatic rings. The van der Waals surface area contributed by atoms with Crippen LogP contribution in [0.2, 0.25) is 0 Å². The number of anilines is 1. The molecule has 1 aromatic rings. The molecule has 0 saturated carbocycles. The number of nitrogens with two attached hydrogens (primary N) is 1. The molecule has 3 heteroatoms. The Morgan fingerprint density at radius 3 is 3.06 bits per heavy atom. The monoisotopic (exact) mass is 248 g/mol. The normalized spacial score (nSPS) is 16.4. The Labute approximate surface area is 110 Å². The molecule has 3 nitrogen and oxygen atoms in total. The van der Waals surface area contributed by atoms with Crippen LogP contribution in [0.4, 0.5) is 5.69 Å². The summed E-state index contributed by atoms with van der Waals surface area (Å²) < 4.78 is 5.07. The van der Waals surface area contributed by atoms with Crippen LogP contribution >= 0.6 is 0 Å². The van der Waals surface area contributed by atoms with Gasteiger partial charge in [-0.3, -0.25) is 0 Å². The zero-order valence-electron chi connectivity index (χ0n) is 11.3. The molecular formula is C15H24N2O. The number of rotatable bonds is 6. The zero-order valence-corrected chi connectivity index (χ0v) is 11.3. The van der Waals surface area contributed by atoms with Crippen LogP contribution in [0.1, 0.15) is 24.8 Å². The number of benzene rings is 1. The Morgan fingerprint density at radius 1 is 1.39 bits per heavy atom. The molecule has 0 saturated heterocycles. The second-order valence-electron chi connectivity index (χ2n) is 5.07. The van der Waals surface area contributed by atoms with E-state index in [1.807, 2.05) is 0 Å². The third kappa shape index (κ3) is 3.47. The van der Waals surface area contributed by atoms with Crippen molar-refractivity contribution >= 4 is 5.69 Å². The van der Waals surface area contributed by atoms with Crippen LogP contribution in [-0.4, -0.2) is 32.8 Å². The van der Waals surface area contributed by atoms with Crippen molar-refractivity contribution in [3.8, 4) is 0 Å².